The lowest BCUT2D eigenvalue weighted by Crippen LogP contribution is -2.16. The molecule has 0 aromatic heterocycles. The molecule has 0 aliphatic rings. The molecule has 0 heterocycles. The number of amides is 1. The number of para-hydroxylation sites is 1. The van der Waals surface area contributed by atoms with Gasteiger partial charge in [0, 0.05) is 31.0 Å². The number of aromatic hydroxyl groups is 1. The summed E-state index contributed by atoms with van der Waals surface area (Å²) < 4.78 is 0. The second-order valence-electron chi connectivity index (χ2n) is 5.25. The molecule has 2 rings (SSSR count). The van der Waals surface area contributed by atoms with Crippen molar-refractivity contribution in [2.24, 2.45) is 0 Å². The van der Waals surface area contributed by atoms with Crippen molar-refractivity contribution < 1.29 is 9.90 Å². The molecule has 0 spiro atoms. The van der Waals surface area contributed by atoms with Crippen LogP contribution in [-0.2, 0) is 11.2 Å². The second kappa shape index (κ2) is 6.31. The third-order valence-corrected chi connectivity index (χ3v) is 3.32. The number of phenolic OH excluding ortho intramolecular Hbond substituents is 1. The first-order chi connectivity index (χ1) is 9.97. The van der Waals surface area contributed by atoms with Crippen LogP contribution in [-0.4, -0.2) is 25.1 Å². The molecule has 0 radical (unpaired) electrons. The molecular weight excluding hydrogens is 264 g/mol. The maximum Gasteiger partial charge on any atom is 0.228 e. The molecule has 0 saturated heterocycles. The minimum absolute atomic E-state index is 0.144. The molecule has 0 atom stereocenters. The number of nitrogens with zero attached hydrogens (tertiary/aromatic N) is 1. The highest BCUT2D eigenvalue weighted by atomic mass is 16.3. The molecule has 21 heavy (non-hydrogen) atoms. The van der Waals surface area contributed by atoms with Gasteiger partial charge in [-0.15, -0.1) is 0 Å². The van der Waals surface area contributed by atoms with Crippen LogP contribution < -0.4 is 10.2 Å². The Balaban J connectivity index is 2.10. The van der Waals surface area contributed by atoms with E-state index in [9.17, 15) is 9.90 Å². The fourth-order valence-electron chi connectivity index (χ4n) is 2.21. The highest BCUT2D eigenvalue weighted by molar-refractivity contribution is 5.93. The first-order valence-electron chi connectivity index (χ1n) is 6.82. The summed E-state index contributed by atoms with van der Waals surface area (Å²) in [5, 5.41) is 12.6. The topological polar surface area (TPSA) is 52.6 Å². The van der Waals surface area contributed by atoms with Crippen molar-refractivity contribution in [1.29, 1.82) is 0 Å². The number of hydrogen-bond acceptors (Lipinski definition) is 3. The lowest BCUT2D eigenvalue weighted by Gasteiger charge is -2.17. The Bertz CT molecular complexity index is 651. The Kier molecular flexibility index (Phi) is 4.48. The first kappa shape index (κ1) is 14.9. The number of carbonyl (C=O) groups excluding carboxylic acids is 1. The highest BCUT2D eigenvalue weighted by Crippen LogP contribution is 2.23. The molecule has 2 N–H and O–H groups in total. The van der Waals surface area contributed by atoms with E-state index in [1.807, 2.05) is 44.1 Å². The van der Waals surface area contributed by atoms with Gasteiger partial charge in [-0.05, 0) is 30.7 Å². The predicted molar refractivity (Wildman–Crippen MR) is 85.9 cm³/mol. The number of phenols is 1. The SMILES string of the molecule is Cc1ccc(NC(=O)Cc2ccccc2O)cc1N(C)C. The minimum Gasteiger partial charge on any atom is -0.508 e. The molecule has 2 aromatic rings. The molecular formula is C17H20N2O2. The number of rotatable bonds is 4. The van der Waals surface area contributed by atoms with Gasteiger partial charge in [-0.2, -0.15) is 0 Å². The van der Waals surface area contributed by atoms with Crippen LogP contribution in [0.5, 0.6) is 5.75 Å². The molecule has 2 aromatic carbocycles. The average Bonchev–Trinajstić information content (AvgIpc) is 2.43. The van der Waals surface area contributed by atoms with E-state index in [-0.39, 0.29) is 18.1 Å². The number of aryl methyl sites for hydroxylation is 1. The van der Waals surface area contributed by atoms with E-state index in [1.54, 1.807) is 24.3 Å². The summed E-state index contributed by atoms with van der Waals surface area (Å²) in [4.78, 5) is 14.1. The number of nitrogens with one attached hydrogen (secondary N) is 1. The van der Waals surface area contributed by atoms with E-state index >= 15 is 0 Å². The summed E-state index contributed by atoms with van der Waals surface area (Å²) in [5.74, 6) is -0.00408. The Hall–Kier alpha value is -2.49. The largest absolute Gasteiger partial charge is 0.508 e. The Morgan fingerprint density at radius 3 is 2.57 bits per heavy atom. The van der Waals surface area contributed by atoms with Gasteiger partial charge in [0.15, 0.2) is 0 Å². The zero-order chi connectivity index (χ0) is 15.4. The fourth-order valence-corrected chi connectivity index (χ4v) is 2.21. The van der Waals surface area contributed by atoms with Gasteiger partial charge in [0.1, 0.15) is 5.75 Å². The van der Waals surface area contributed by atoms with Crippen LogP contribution >= 0.6 is 0 Å². The van der Waals surface area contributed by atoms with Gasteiger partial charge in [0.25, 0.3) is 0 Å². The van der Waals surface area contributed by atoms with Crippen LogP contribution in [0.25, 0.3) is 0 Å². The normalized spacial score (nSPS) is 10.2. The van der Waals surface area contributed by atoms with Gasteiger partial charge in [0.05, 0.1) is 6.42 Å². The molecule has 4 nitrogen and oxygen atoms in total. The van der Waals surface area contributed by atoms with Crippen LogP contribution in [0.3, 0.4) is 0 Å². The molecule has 1 amide bonds. The molecule has 110 valence electrons. The van der Waals surface area contributed by atoms with Crippen molar-refractivity contribution in [1.82, 2.24) is 0 Å². The summed E-state index contributed by atoms with van der Waals surface area (Å²) in [6, 6.07) is 12.7. The van der Waals surface area contributed by atoms with Gasteiger partial charge in [-0.3, -0.25) is 4.79 Å². The van der Waals surface area contributed by atoms with Crippen LogP contribution in [0, 0.1) is 6.92 Å². The average molecular weight is 284 g/mol. The van der Waals surface area contributed by atoms with Crippen molar-refractivity contribution in [2.45, 2.75) is 13.3 Å². The fraction of sp³-hybridized carbons (Fsp3) is 0.235. The molecule has 4 heteroatoms. The van der Waals surface area contributed by atoms with Crippen LogP contribution in [0.4, 0.5) is 11.4 Å². The Labute approximate surface area is 125 Å². The van der Waals surface area contributed by atoms with Gasteiger partial charge in [-0.1, -0.05) is 24.3 Å². The lowest BCUT2D eigenvalue weighted by atomic mass is 10.1. The highest BCUT2D eigenvalue weighted by Gasteiger charge is 2.09. The molecule has 0 aliphatic carbocycles. The van der Waals surface area contributed by atoms with Gasteiger partial charge < -0.3 is 15.3 Å². The van der Waals surface area contributed by atoms with Crippen molar-refractivity contribution in [2.75, 3.05) is 24.3 Å². The van der Waals surface area contributed by atoms with E-state index in [2.05, 4.69) is 5.32 Å². The maximum atomic E-state index is 12.1. The summed E-state index contributed by atoms with van der Waals surface area (Å²) in [6.45, 7) is 2.03. The number of benzene rings is 2. The summed E-state index contributed by atoms with van der Waals surface area (Å²) in [7, 11) is 3.94. The zero-order valence-electron chi connectivity index (χ0n) is 12.6. The molecule has 0 saturated carbocycles. The quantitative estimate of drug-likeness (QED) is 0.907. The van der Waals surface area contributed by atoms with Crippen LogP contribution in [0.15, 0.2) is 42.5 Å². The molecule has 0 unspecified atom stereocenters. The Morgan fingerprint density at radius 2 is 1.90 bits per heavy atom. The Morgan fingerprint density at radius 1 is 1.19 bits per heavy atom. The summed E-state index contributed by atoms with van der Waals surface area (Å²) in [6.07, 6.45) is 0.151. The summed E-state index contributed by atoms with van der Waals surface area (Å²) >= 11 is 0. The van der Waals surface area contributed by atoms with E-state index in [1.165, 1.54) is 0 Å². The van der Waals surface area contributed by atoms with E-state index < -0.39 is 0 Å². The third kappa shape index (κ3) is 3.75. The molecule has 0 aliphatic heterocycles. The lowest BCUT2D eigenvalue weighted by molar-refractivity contribution is -0.115. The van der Waals surface area contributed by atoms with Crippen molar-refractivity contribution in [3.05, 3.63) is 53.6 Å². The maximum absolute atomic E-state index is 12.1. The van der Waals surface area contributed by atoms with E-state index in [0.29, 0.717) is 5.56 Å². The minimum atomic E-state index is -0.148. The molecule has 0 fully saturated rings. The van der Waals surface area contributed by atoms with Gasteiger partial charge in [0.2, 0.25) is 5.91 Å². The van der Waals surface area contributed by atoms with E-state index in [0.717, 1.165) is 16.9 Å². The van der Waals surface area contributed by atoms with Gasteiger partial charge >= 0.3 is 0 Å². The van der Waals surface area contributed by atoms with Crippen molar-refractivity contribution in [3.8, 4) is 5.75 Å². The smallest absolute Gasteiger partial charge is 0.228 e. The van der Waals surface area contributed by atoms with E-state index in [4.69, 9.17) is 0 Å². The number of hydrogen-bond donors (Lipinski definition) is 2. The van der Waals surface area contributed by atoms with Crippen molar-refractivity contribution >= 4 is 17.3 Å². The van der Waals surface area contributed by atoms with Crippen LogP contribution in [0.2, 0.25) is 0 Å². The number of anilines is 2. The monoisotopic (exact) mass is 284 g/mol. The third-order valence-electron chi connectivity index (χ3n) is 3.32. The second-order valence-corrected chi connectivity index (χ2v) is 5.25. The standard InChI is InChI=1S/C17H20N2O2/c1-12-8-9-14(11-15(12)19(2)3)18-17(21)10-13-6-4-5-7-16(13)20/h4-9,11,20H,10H2,1-3H3,(H,18,21). The van der Waals surface area contributed by atoms with Crippen molar-refractivity contribution in [3.63, 3.8) is 0 Å². The summed E-state index contributed by atoms with van der Waals surface area (Å²) in [5.41, 5.74) is 3.59. The van der Waals surface area contributed by atoms with Crippen LogP contribution in [0.1, 0.15) is 11.1 Å². The van der Waals surface area contributed by atoms with Gasteiger partial charge in [-0.25, -0.2) is 0 Å². The predicted octanol–water partition coefficient (Wildman–Crippen LogP) is 2.95. The number of carbonyl (C=O) groups is 1. The zero-order valence-corrected chi connectivity index (χ0v) is 12.6. The first-order valence-corrected chi connectivity index (χ1v) is 6.82. The molecule has 0 bridgehead atoms.